The molecule has 0 radical (unpaired) electrons. The van der Waals surface area contributed by atoms with E-state index in [1.807, 2.05) is 31.2 Å². The number of aromatic hydroxyl groups is 1. The van der Waals surface area contributed by atoms with Gasteiger partial charge < -0.3 is 15.2 Å². The maximum atomic E-state index is 12.9. The van der Waals surface area contributed by atoms with E-state index in [1.165, 1.54) is 11.1 Å². The smallest absolute Gasteiger partial charge is 0.255 e. The van der Waals surface area contributed by atoms with Crippen molar-refractivity contribution in [1.82, 2.24) is 5.32 Å². The third-order valence-corrected chi connectivity index (χ3v) is 8.23. The predicted molar refractivity (Wildman–Crippen MR) is 153 cm³/mol. The summed E-state index contributed by atoms with van der Waals surface area (Å²) < 4.78 is 7.27. The van der Waals surface area contributed by atoms with Crippen molar-refractivity contribution in [2.75, 3.05) is 6.54 Å². The van der Waals surface area contributed by atoms with Crippen LogP contribution in [0.2, 0.25) is 0 Å². The number of halogens is 1. The zero-order chi connectivity index (χ0) is 26.7. The maximum absolute atomic E-state index is 12.9. The topological polar surface area (TPSA) is 58.6 Å². The summed E-state index contributed by atoms with van der Waals surface area (Å²) in [5.41, 5.74) is 2.91. The van der Waals surface area contributed by atoms with E-state index in [1.54, 1.807) is 6.07 Å². The molecule has 1 unspecified atom stereocenters. The van der Waals surface area contributed by atoms with Gasteiger partial charge in [-0.25, -0.2) is 0 Å². The Morgan fingerprint density at radius 2 is 1.64 bits per heavy atom. The lowest BCUT2D eigenvalue weighted by molar-refractivity contribution is 0.0945. The van der Waals surface area contributed by atoms with Crippen LogP contribution in [0, 0.1) is 0 Å². The summed E-state index contributed by atoms with van der Waals surface area (Å²) in [6, 6.07) is 15.5. The number of hydrogen-bond donors (Lipinski definition) is 2. The molecule has 0 saturated carbocycles. The molecule has 1 atom stereocenters. The van der Waals surface area contributed by atoms with Crippen molar-refractivity contribution in [2.24, 2.45) is 0 Å². The Balaban J connectivity index is 1.74. The molecule has 0 aliphatic heterocycles. The largest absolute Gasteiger partial charge is 0.506 e. The number of phenols is 1. The van der Waals surface area contributed by atoms with Gasteiger partial charge in [0.1, 0.15) is 11.5 Å². The van der Waals surface area contributed by atoms with E-state index < -0.39 is 0 Å². The number of hydrogen-bond acceptors (Lipinski definition) is 3. The van der Waals surface area contributed by atoms with Crippen molar-refractivity contribution in [2.45, 2.75) is 84.7 Å². The zero-order valence-electron chi connectivity index (χ0n) is 22.7. The van der Waals surface area contributed by atoms with E-state index in [-0.39, 0.29) is 34.2 Å². The minimum Gasteiger partial charge on any atom is -0.506 e. The average molecular weight is 555 g/mol. The van der Waals surface area contributed by atoms with Crippen LogP contribution in [0.5, 0.6) is 11.5 Å². The Labute approximate surface area is 224 Å². The molecule has 3 aromatic rings. The molecule has 0 heterocycles. The quantitative estimate of drug-likeness (QED) is 0.265. The lowest BCUT2D eigenvalue weighted by Gasteiger charge is -2.35. The number of rotatable bonds is 10. The Morgan fingerprint density at radius 3 is 2.28 bits per heavy atom. The molecule has 0 aliphatic carbocycles. The summed E-state index contributed by atoms with van der Waals surface area (Å²) >= 11 is 3.52. The first kappa shape index (κ1) is 28.0. The van der Waals surface area contributed by atoms with Gasteiger partial charge in [-0.05, 0) is 53.7 Å². The number of carbonyl (C=O) groups excluding carboxylic acids is 1. The van der Waals surface area contributed by atoms with Gasteiger partial charge >= 0.3 is 0 Å². The SMILES string of the molecule is CCC(C)(C)c1cccc(OC(C)CCNC(=O)c2cc(Br)c3ccccc3c2O)c1C(C)(C)CC. The summed E-state index contributed by atoms with van der Waals surface area (Å²) in [6.07, 6.45) is 2.61. The molecule has 2 N–H and O–H groups in total. The second kappa shape index (κ2) is 11.2. The number of fused-ring (bicyclic) bond motifs is 1. The number of carbonyl (C=O) groups is 1. The van der Waals surface area contributed by atoms with E-state index in [0.717, 1.165) is 28.5 Å². The maximum Gasteiger partial charge on any atom is 0.255 e. The fraction of sp³-hybridized carbons (Fsp3) is 0.452. The summed E-state index contributed by atoms with van der Waals surface area (Å²) in [6.45, 7) is 16.1. The summed E-state index contributed by atoms with van der Waals surface area (Å²) in [7, 11) is 0. The third-order valence-electron chi connectivity index (χ3n) is 7.57. The van der Waals surface area contributed by atoms with Crippen molar-refractivity contribution >= 4 is 32.6 Å². The molecule has 3 rings (SSSR count). The summed E-state index contributed by atoms with van der Waals surface area (Å²) in [5, 5.41) is 15.1. The van der Waals surface area contributed by atoms with Crippen LogP contribution in [0.15, 0.2) is 53.0 Å². The Hall–Kier alpha value is -2.53. The number of benzene rings is 3. The second-order valence-corrected chi connectivity index (χ2v) is 11.8. The van der Waals surface area contributed by atoms with Crippen molar-refractivity contribution in [3.8, 4) is 11.5 Å². The van der Waals surface area contributed by atoms with Crippen LogP contribution in [-0.2, 0) is 10.8 Å². The molecule has 36 heavy (non-hydrogen) atoms. The van der Waals surface area contributed by atoms with Crippen molar-refractivity contribution < 1.29 is 14.6 Å². The molecular weight excluding hydrogens is 514 g/mol. The van der Waals surface area contributed by atoms with Gasteiger partial charge in [-0.1, -0.05) is 93.9 Å². The van der Waals surface area contributed by atoms with Crippen molar-refractivity contribution in [3.05, 3.63) is 69.7 Å². The number of ether oxygens (including phenoxy) is 1. The van der Waals surface area contributed by atoms with Gasteiger partial charge in [-0.3, -0.25) is 4.79 Å². The minimum absolute atomic E-state index is 0.00242. The van der Waals surface area contributed by atoms with Crippen LogP contribution in [-0.4, -0.2) is 23.7 Å². The zero-order valence-corrected chi connectivity index (χ0v) is 24.3. The Bertz CT molecular complexity index is 1230. The van der Waals surface area contributed by atoms with Crippen LogP contribution in [0.1, 0.15) is 89.2 Å². The number of amides is 1. The van der Waals surface area contributed by atoms with Gasteiger partial charge in [0.2, 0.25) is 0 Å². The standard InChI is InChI=1S/C31H40BrNO3/c1-8-30(4,5)24-15-12-16-26(27(24)31(6,7)9-2)36-20(3)17-18-33-29(35)23-19-25(32)21-13-10-11-14-22(21)28(23)34/h10-16,19-20,34H,8-9,17-18H2,1-7H3,(H,33,35). The van der Waals surface area contributed by atoms with Gasteiger partial charge in [-0.15, -0.1) is 0 Å². The molecule has 3 aromatic carbocycles. The van der Waals surface area contributed by atoms with Crippen molar-refractivity contribution in [3.63, 3.8) is 0 Å². The molecule has 0 saturated heterocycles. The van der Waals surface area contributed by atoms with Crippen LogP contribution >= 0.6 is 15.9 Å². The highest BCUT2D eigenvalue weighted by molar-refractivity contribution is 9.10. The predicted octanol–water partition coefficient (Wildman–Crippen LogP) is 8.27. The number of phenolic OH excluding ortho intramolecular Hbond substituents is 1. The Morgan fingerprint density at radius 1 is 1.00 bits per heavy atom. The first-order valence-electron chi connectivity index (χ1n) is 12.9. The molecule has 0 spiro atoms. The fourth-order valence-electron chi connectivity index (χ4n) is 4.51. The van der Waals surface area contributed by atoms with Gasteiger partial charge in [-0.2, -0.15) is 0 Å². The van der Waals surface area contributed by atoms with Crippen LogP contribution < -0.4 is 10.1 Å². The molecule has 0 bridgehead atoms. The molecule has 4 nitrogen and oxygen atoms in total. The lowest BCUT2D eigenvalue weighted by atomic mass is 9.71. The highest BCUT2D eigenvalue weighted by atomic mass is 79.9. The van der Waals surface area contributed by atoms with E-state index in [2.05, 4.69) is 81.0 Å². The highest BCUT2D eigenvalue weighted by Crippen LogP contribution is 2.43. The lowest BCUT2D eigenvalue weighted by Crippen LogP contribution is -2.30. The summed E-state index contributed by atoms with van der Waals surface area (Å²) in [5.74, 6) is 0.624. The molecule has 0 aromatic heterocycles. The third kappa shape index (κ3) is 5.88. The van der Waals surface area contributed by atoms with E-state index in [0.29, 0.717) is 18.4 Å². The van der Waals surface area contributed by atoms with E-state index in [9.17, 15) is 9.90 Å². The van der Waals surface area contributed by atoms with E-state index >= 15 is 0 Å². The second-order valence-electron chi connectivity index (χ2n) is 10.9. The highest BCUT2D eigenvalue weighted by Gasteiger charge is 2.32. The van der Waals surface area contributed by atoms with Gasteiger partial charge in [0.15, 0.2) is 0 Å². The molecule has 1 amide bonds. The van der Waals surface area contributed by atoms with Crippen LogP contribution in [0.3, 0.4) is 0 Å². The fourth-order valence-corrected chi connectivity index (χ4v) is 5.08. The normalized spacial score (nSPS) is 13.0. The molecule has 194 valence electrons. The monoisotopic (exact) mass is 553 g/mol. The molecule has 0 fully saturated rings. The minimum atomic E-state index is -0.300. The van der Waals surface area contributed by atoms with E-state index in [4.69, 9.17) is 4.74 Å². The Kier molecular flexibility index (Phi) is 8.76. The average Bonchev–Trinajstić information content (AvgIpc) is 2.85. The van der Waals surface area contributed by atoms with Crippen LogP contribution in [0.25, 0.3) is 10.8 Å². The first-order chi connectivity index (χ1) is 16.9. The van der Waals surface area contributed by atoms with Crippen LogP contribution in [0.4, 0.5) is 0 Å². The van der Waals surface area contributed by atoms with Gasteiger partial charge in [0, 0.05) is 28.4 Å². The molecule has 0 aliphatic rings. The van der Waals surface area contributed by atoms with Gasteiger partial charge in [0.25, 0.3) is 5.91 Å². The number of nitrogens with one attached hydrogen (secondary N) is 1. The molecular formula is C31H40BrNO3. The summed E-state index contributed by atoms with van der Waals surface area (Å²) in [4.78, 5) is 12.9. The van der Waals surface area contributed by atoms with Crippen molar-refractivity contribution in [1.29, 1.82) is 0 Å². The van der Waals surface area contributed by atoms with Gasteiger partial charge in [0.05, 0.1) is 11.7 Å². The first-order valence-corrected chi connectivity index (χ1v) is 13.7. The molecule has 5 heteroatoms.